The molecule has 0 aliphatic rings. The van der Waals surface area contributed by atoms with Crippen LogP contribution in [0, 0.1) is 5.82 Å². The Labute approximate surface area is 137 Å². The van der Waals surface area contributed by atoms with Gasteiger partial charge in [-0.05, 0) is 38.2 Å². The fraction of sp³-hybridized carbons (Fsp3) is 0.500. The molecule has 114 valence electrons. The van der Waals surface area contributed by atoms with Crippen molar-refractivity contribution in [3.63, 3.8) is 0 Å². The van der Waals surface area contributed by atoms with Gasteiger partial charge in [-0.3, -0.25) is 4.99 Å². The fourth-order valence-corrected chi connectivity index (χ4v) is 1.77. The molecule has 1 atom stereocenters. The number of nitrogens with two attached hydrogens (primary N) is 1. The Bertz CT molecular complexity index is 423. The van der Waals surface area contributed by atoms with Gasteiger partial charge in [0.2, 0.25) is 0 Å². The summed E-state index contributed by atoms with van der Waals surface area (Å²) in [6, 6.07) is 6.60. The third-order valence-corrected chi connectivity index (χ3v) is 2.85. The van der Waals surface area contributed by atoms with Gasteiger partial charge in [-0.1, -0.05) is 19.1 Å². The van der Waals surface area contributed by atoms with Crippen molar-refractivity contribution in [2.75, 3.05) is 27.2 Å². The molecular weight excluding hydrogens is 370 g/mol. The molecular formula is C14H24FIN4. The Kier molecular flexibility index (Phi) is 9.49. The molecule has 0 aliphatic heterocycles. The van der Waals surface area contributed by atoms with E-state index in [1.165, 1.54) is 12.1 Å². The minimum atomic E-state index is -0.231. The minimum absolute atomic E-state index is 0. The first-order valence-electron chi connectivity index (χ1n) is 6.50. The molecule has 0 amide bonds. The predicted molar refractivity (Wildman–Crippen MR) is 93.0 cm³/mol. The number of rotatable bonds is 6. The molecule has 0 bridgehead atoms. The SMILES string of the molecule is CCCNC(N)=NCC(c1cccc(F)c1)N(C)C.I. The van der Waals surface area contributed by atoms with E-state index < -0.39 is 0 Å². The third-order valence-electron chi connectivity index (χ3n) is 2.85. The Morgan fingerprint density at radius 2 is 2.15 bits per heavy atom. The summed E-state index contributed by atoms with van der Waals surface area (Å²) in [6.45, 7) is 3.37. The van der Waals surface area contributed by atoms with Crippen LogP contribution in [0.4, 0.5) is 4.39 Å². The Balaban J connectivity index is 0.00000361. The van der Waals surface area contributed by atoms with E-state index in [-0.39, 0.29) is 35.8 Å². The van der Waals surface area contributed by atoms with E-state index in [2.05, 4.69) is 17.2 Å². The zero-order valence-corrected chi connectivity index (χ0v) is 14.6. The number of halogens is 2. The van der Waals surface area contributed by atoms with E-state index >= 15 is 0 Å². The third kappa shape index (κ3) is 6.51. The van der Waals surface area contributed by atoms with Crippen molar-refractivity contribution in [3.05, 3.63) is 35.6 Å². The summed E-state index contributed by atoms with van der Waals surface area (Å²) >= 11 is 0. The molecule has 1 unspecified atom stereocenters. The van der Waals surface area contributed by atoms with Crippen LogP contribution in [0.15, 0.2) is 29.3 Å². The second kappa shape index (κ2) is 9.93. The quantitative estimate of drug-likeness (QED) is 0.443. The number of nitrogens with one attached hydrogen (secondary N) is 1. The highest BCUT2D eigenvalue weighted by Crippen LogP contribution is 2.19. The van der Waals surface area contributed by atoms with Crippen LogP contribution >= 0.6 is 24.0 Å². The van der Waals surface area contributed by atoms with Crippen molar-refractivity contribution in [2.45, 2.75) is 19.4 Å². The first-order valence-corrected chi connectivity index (χ1v) is 6.50. The first kappa shape index (κ1) is 19.1. The molecule has 6 heteroatoms. The van der Waals surface area contributed by atoms with Gasteiger partial charge in [0.25, 0.3) is 0 Å². The number of guanidine groups is 1. The summed E-state index contributed by atoms with van der Waals surface area (Å²) in [5, 5.41) is 3.02. The fourth-order valence-electron chi connectivity index (χ4n) is 1.77. The van der Waals surface area contributed by atoms with Gasteiger partial charge in [0.05, 0.1) is 12.6 Å². The van der Waals surface area contributed by atoms with Crippen molar-refractivity contribution in [1.29, 1.82) is 0 Å². The Morgan fingerprint density at radius 3 is 2.70 bits per heavy atom. The van der Waals surface area contributed by atoms with Crippen LogP contribution in [-0.2, 0) is 0 Å². The summed E-state index contributed by atoms with van der Waals surface area (Å²) in [6.07, 6.45) is 0.997. The van der Waals surface area contributed by atoms with Gasteiger partial charge in [0.1, 0.15) is 5.82 Å². The molecule has 0 saturated carbocycles. The summed E-state index contributed by atoms with van der Waals surface area (Å²) in [7, 11) is 3.89. The second-order valence-electron chi connectivity index (χ2n) is 4.69. The average Bonchev–Trinajstić information content (AvgIpc) is 2.36. The molecule has 1 aromatic carbocycles. The van der Waals surface area contributed by atoms with Gasteiger partial charge in [-0.2, -0.15) is 0 Å². The van der Waals surface area contributed by atoms with Gasteiger partial charge in [-0.25, -0.2) is 4.39 Å². The molecule has 1 rings (SSSR count). The van der Waals surface area contributed by atoms with Crippen molar-refractivity contribution >= 4 is 29.9 Å². The number of nitrogens with zero attached hydrogens (tertiary/aromatic N) is 2. The molecule has 4 nitrogen and oxygen atoms in total. The van der Waals surface area contributed by atoms with Crippen molar-refractivity contribution < 1.29 is 4.39 Å². The van der Waals surface area contributed by atoms with Gasteiger partial charge < -0.3 is 16.0 Å². The van der Waals surface area contributed by atoms with Gasteiger partial charge in [0.15, 0.2) is 5.96 Å². The molecule has 0 fully saturated rings. The van der Waals surface area contributed by atoms with Crippen LogP contribution in [0.25, 0.3) is 0 Å². The van der Waals surface area contributed by atoms with Gasteiger partial charge in [-0.15, -0.1) is 24.0 Å². The topological polar surface area (TPSA) is 53.6 Å². The van der Waals surface area contributed by atoms with E-state index in [4.69, 9.17) is 5.73 Å². The van der Waals surface area contributed by atoms with E-state index in [0.29, 0.717) is 12.5 Å². The van der Waals surface area contributed by atoms with Crippen LogP contribution in [0.5, 0.6) is 0 Å². The zero-order chi connectivity index (χ0) is 14.3. The maximum Gasteiger partial charge on any atom is 0.188 e. The summed E-state index contributed by atoms with van der Waals surface area (Å²) in [4.78, 5) is 6.31. The lowest BCUT2D eigenvalue weighted by Gasteiger charge is -2.23. The Morgan fingerprint density at radius 1 is 1.45 bits per heavy atom. The number of aliphatic imine (C=N–C) groups is 1. The molecule has 1 aromatic rings. The van der Waals surface area contributed by atoms with Crippen molar-refractivity contribution in [1.82, 2.24) is 10.2 Å². The van der Waals surface area contributed by atoms with E-state index in [0.717, 1.165) is 18.5 Å². The molecule has 0 radical (unpaired) electrons. The number of likely N-dealkylation sites (N-methyl/N-ethyl adjacent to an activating group) is 1. The molecule has 20 heavy (non-hydrogen) atoms. The van der Waals surface area contributed by atoms with Crippen LogP contribution in [0.2, 0.25) is 0 Å². The maximum atomic E-state index is 13.3. The monoisotopic (exact) mass is 394 g/mol. The summed E-state index contributed by atoms with van der Waals surface area (Å²) in [5.74, 6) is 0.204. The number of hydrogen-bond acceptors (Lipinski definition) is 2. The van der Waals surface area contributed by atoms with Crippen molar-refractivity contribution in [3.8, 4) is 0 Å². The van der Waals surface area contributed by atoms with E-state index in [1.807, 2.05) is 25.1 Å². The Hall–Kier alpha value is -0.890. The second-order valence-corrected chi connectivity index (χ2v) is 4.69. The molecule has 0 aliphatic carbocycles. The number of hydrogen-bond donors (Lipinski definition) is 2. The normalized spacial score (nSPS) is 12.9. The molecule has 0 saturated heterocycles. The maximum absolute atomic E-state index is 13.3. The molecule has 0 heterocycles. The van der Waals surface area contributed by atoms with Gasteiger partial charge >= 0.3 is 0 Å². The molecule has 0 aromatic heterocycles. The van der Waals surface area contributed by atoms with Crippen LogP contribution in [0.1, 0.15) is 24.9 Å². The first-order chi connectivity index (χ1) is 9.04. The lowest BCUT2D eigenvalue weighted by molar-refractivity contribution is 0.305. The van der Waals surface area contributed by atoms with Crippen molar-refractivity contribution in [2.24, 2.45) is 10.7 Å². The zero-order valence-electron chi connectivity index (χ0n) is 12.3. The van der Waals surface area contributed by atoms with E-state index in [9.17, 15) is 4.39 Å². The van der Waals surface area contributed by atoms with Crippen LogP contribution < -0.4 is 11.1 Å². The van der Waals surface area contributed by atoms with Crippen LogP contribution in [-0.4, -0.2) is 38.0 Å². The highest BCUT2D eigenvalue weighted by Gasteiger charge is 2.14. The summed E-state index contributed by atoms with van der Waals surface area (Å²) in [5.41, 5.74) is 6.66. The standard InChI is InChI=1S/C14H23FN4.HI/c1-4-8-17-14(16)18-10-13(19(2)3)11-6-5-7-12(15)9-11;/h5-7,9,13H,4,8,10H2,1-3H3,(H3,16,17,18);1H. The summed E-state index contributed by atoms with van der Waals surface area (Å²) < 4.78 is 13.3. The number of benzene rings is 1. The predicted octanol–water partition coefficient (Wildman–Crippen LogP) is 2.36. The lowest BCUT2D eigenvalue weighted by atomic mass is 10.1. The largest absolute Gasteiger partial charge is 0.370 e. The smallest absolute Gasteiger partial charge is 0.188 e. The highest BCUT2D eigenvalue weighted by molar-refractivity contribution is 14.0. The minimum Gasteiger partial charge on any atom is -0.370 e. The van der Waals surface area contributed by atoms with Gasteiger partial charge in [0, 0.05) is 6.54 Å². The average molecular weight is 394 g/mol. The van der Waals surface area contributed by atoms with E-state index in [1.54, 1.807) is 6.07 Å². The lowest BCUT2D eigenvalue weighted by Crippen LogP contribution is -2.33. The molecule has 0 spiro atoms. The van der Waals surface area contributed by atoms with Crippen LogP contribution in [0.3, 0.4) is 0 Å². The molecule has 3 N–H and O–H groups in total. The highest BCUT2D eigenvalue weighted by atomic mass is 127.